The molecule has 19 heavy (non-hydrogen) atoms. The zero-order chi connectivity index (χ0) is 13.7. The van der Waals surface area contributed by atoms with E-state index in [1.54, 1.807) is 7.11 Å². The first-order chi connectivity index (χ1) is 9.19. The Balaban J connectivity index is 1.86. The van der Waals surface area contributed by atoms with Crippen molar-refractivity contribution in [3.05, 3.63) is 29.8 Å². The first-order valence-electron chi connectivity index (χ1n) is 6.82. The average Bonchev–Trinajstić information content (AvgIpc) is 2.92. The van der Waals surface area contributed by atoms with Crippen molar-refractivity contribution in [1.29, 1.82) is 0 Å². The van der Waals surface area contributed by atoms with Crippen LogP contribution < -0.4 is 15.4 Å². The van der Waals surface area contributed by atoms with E-state index in [1.165, 1.54) is 0 Å². The standard InChI is InChI=1S/C15H22N2O2/c1-11(13-6-7-16-10-13)17-15(18)9-12-4-3-5-14(8-12)19-2/h3-5,8,11,13,16H,6-7,9-10H2,1-2H3,(H,17,18). The topological polar surface area (TPSA) is 50.4 Å². The van der Waals surface area contributed by atoms with E-state index in [4.69, 9.17) is 4.74 Å². The van der Waals surface area contributed by atoms with Crippen molar-refractivity contribution in [2.75, 3.05) is 20.2 Å². The van der Waals surface area contributed by atoms with E-state index >= 15 is 0 Å². The third-order valence-electron chi connectivity index (χ3n) is 3.69. The molecule has 1 amide bonds. The molecule has 0 bridgehead atoms. The fourth-order valence-electron chi connectivity index (χ4n) is 2.49. The number of ether oxygens (including phenoxy) is 1. The third-order valence-corrected chi connectivity index (χ3v) is 3.69. The van der Waals surface area contributed by atoms with E-state index in [2.05, 4.69) is 17.6 Å². The van der Waals surface area contributed by atoms with Crippen LogP contribution in [0.4, 0.5) is 0 Å². The number of methoxy groups -OCH3 is 1. The summed E-state index contributed by atoms with van der Waals surface area (Å²) in [6, 6.07) is 7.87. The summed E-state index contributed by atoms with van der Waals surface area (Å²) < 4.78 is 5.16. The molecule has 0 spiro atoms. The maximum atomic E-state index is 12.0. The van der Waals surface area contributed by atoms with E-state index in [0.717, 1.165) is 30.8 Å². The van der Waals surface area contributed by atoms with Crippen LogP contribution in [0.25, 0.3) is 0 Å². The molecule has 1 aliphatic rings. The molecule has 4 nitrogen and oxygen atoms in total. The fourth-order valence-corrected chi connectivity index (χ4v) is 2.49. The largest absolute Gasteiger partial charge is 0.497 e. The van der Waals surface area contributed by atoms with E-state index in [1.807, 2.05) is 24.3 Å². The lowest BCUT2D eigenvalue weighted by atomic mass is 10.0. The minimum absolute atomic E-state index is 0.0765. The van der Waals surface area contributed by atoms with Gasteiger partial charge in [-0.15, -0.1) is 0 Å². The highest BCUT2D eigenvalue weighted by atomic mass is 16.5. The first-order valence-corrected chi connectivity index (χ1v) is 6.82. The molecule has 1 aromatic rings. The zero-order valence-electron chi connectivity index (χ0n) is 11.6. The quantitative estimate of drug-likeness (QED) is 0.842. The highest BCUT2D eigenvalue weighted by Crippen LogP contribution is 2.14. The summed E-state index contributed by atoms with van der Waals surface area (Å²) in [5.41, 5.74) is 0.980. The smallest absolute Gasteiger partial charge is 0.224 e. The van der Waals surface area contributed by atoms with E-state index in [-0.39, 0.29) is 11.9 Å². The second-order valence-electron chi connectivity index (χ2n) is 5.14. The molecule has 0 aromatic heterocycles. The van der Waals surface area contributed by atoms with Gasteiger partial charge in [0, 0.05) is 6.04 Å². The van der Waals surface area contributed by atoms with Crippen LogP contribution in [0.15, 0.2) is 24.3 Å². The molecule has 1 fully saturated rings. The summed E-state index contributed by atoms with van der Waals surface area (Å²) in [7, 11) is 1.63. The van der Waals surface area contributed by atoms with Gasteiger partial charge in [0.2, 0.25) is 5.91 Å². The maximum absolute atomic E-state index is 12.0. The zero-order valence-corrected chi connectivity index (χ0v) is 11.6. The highest BCUT2D eigenvalue weighted by molar-refractivity contribution is 5.79. The maximum Gasteiger partial charge on any atom is 0.224 e. The summed E-state index contributed by atoms with van der Waals surface area (Å²) in [5, 5.41) is 6.41. The molecule has 0 aliphatic carbocycles. The van der Waals surface area contributed by atoms with Gasteiger partial charge in [0.05, 0.1) is 13.5 Å². The van der Waals surface area contributed by atoms with Crippen molar-refractivity contribution < 1.29 is 9.53 Å². The normalized spacial score (nSPS) is 20.0. The van der Waals surface area contributed by atoms with Gasteiger partial charge in [-0.25, -0.2) is 0 Å². The molecule has 2 unspecified atom stereocenters. The van der Waals surface area contributed by atoms with E-state index in [9.17, 15) is 4.79 Å². The lowest BCUT2D eigenvalue weighted by Crippen LogP contribution is -2.39. The van der Waals surface area contributed by atoms with Gasteiger partial charge in [0.1, 0.15) is 5.75 Å². The summed E-state index contributed by atoms with van der Waals surface area (Å²) in [4.78, 5) is 12.0. The number of rotatable bonds is 5. The number of carbonyl (C=O) groups is 1. The predicted molar refractivity (Wildman–Crippen MR) is 75.3 cm³/mol. The Hall–Kier alpha value is -1.55. The number of benzene rings is 1. The van der Waals surface area contributed by atoms with Crippen LogP contribution in [0, 0.1) is 5.92 Å². The predicted octanol–water partition coefficient (Wildman–Crippen LogP) is 1.35. The van der Waals surface area contributed by atoms with E-state index < -0.39 is 0 Å². The molecule has 4 heteroatoms. The molecule has 0 saturated carbocycles. The number of hydrogen-bond acceptors (Lipinski definition) is 3. The minimum atomic E-state index is 0.0765. The Morgan fingerprint density at radius 3 is 3.11 bits per heavy atom. The van der Waals surface area contributed by atoms with Crippen molar-refractivity contribution in [3.63, 3.8) is 0 Å². The third kappa shape index (κ3) is 3.96. The van der Waals surface area contributed by atoms with Crippen molar-refractivity contribution in [3.8, 4) is 5.75 Å². The average molecular weight is 262 g/mol. The Bertz CT molecular complexity index is 428. The van der Waals surface area contributed by atoms with Gasteiger partial charge in [-0.05, 0) is 50.0 Å². The summed E-state index contributed by atoms with van der Waals surface area (Å²) in [6.07, 6.45) is 1.54. The lowest BCUT2D eigenvalue weighted by Gasteiger charge is -2.19. The number of hydrogen-bond donors (Lipinski definition) is 2. The van der Waals surface area contributed by atoms with Crippen molar-refractivity contribution in [2.24, 2.45) is 5.92 Å². The van der Waals surface area contributed by atoms with Crippen LogP contribution in [0.2, 0.25) is 0 Å². The molecule has 2 N–H and O–H groups in total. The molecular formula is C15H22N2O2. The molecule has 1 saturated heterocycles. The molecule has 2 rings (SSSR count). The summed E-state index contributed by atoms with van der Waals surface area (Å²) >= 11 is 0. The lowest BCUT2D eigenvalue weighted by molar-refractivity contribution is -0.121. The van der Waals surface area contributed by atoms with Crippen LogP contribution in [0.1, 0.15) is 18.9 Å². The van der Waals surface area contributed by atoms with Gasteiger partial charge >= 0.3 is 0 Å². The highest BCUT2D eigenvalue weighted by Gasteiger charge is 2.22. The molecule has 2 atom stereocenters. The second kappa shape index (κ2) is 6.57. The molecule has 1 aromatic carbocycles. The molecule has 0 radical (unpaired) electrons. The van der Waals surface area contributed by atoms with Crippen LogP contribution in [0.3, 0.4) is 0 Å². The number of nitrogens with one attached hydrogen (secondary N) is 2. The number of carbonyl (C=O) groups excluding carboxylic acids is 1. The first kappa shape index (κ1) is 13.9. The van der Waals surface area contributed by atoms with Gasteiger partial charge in [0.15, 0.2) is 0 Å². The van der Waals surface area contributed by atoms with Gasteiger partial charge in [0.25, 0.3) is 0 Å². The van der Waals surface area contributed by atoms with E-state index in [0.29, 0.717) is 12.3 Å². The SMILES string of the molecule is COc1cccc(CC(=O)NC(C)C2CCNC2)c1. The number of amides is 1. The Kier molecular flexibility index (Phi) is 4.80. The molecule has 104 valence electrons. The van der Waals surface area contributed by atoms with Crippen molar-refractivity contribution in [2.45, 2.75) is 25.8 Å². The van der Waals surface area contributed by atoms with Crippen molar-refractivity contribution >= 4 is 5.91 Å². The van der Waals surface area contributed by atoms with Crippen LogP contribution in [-0.4, -0.2) is 32.1 Å². The van der Waals surface area contributed by atoms with Gasteiger partial charge in [-0.1, -0.05) is 12.1 Å². The van der Waals surface area contributed by atoms with Crippen LogP contribution in [0.5, 0.6) is 5.75 Å². The van der Waals surface area contributed by atoms with Crippen LogP contribution in [-0.2, 0) is 11.2 Å². The molecular weight excluding hydrogens is 240 g/mol. The second-order valence-corrected chi connectivity index (χ2v) is 5.14. The Morgan fingerprint density at radius 2 is 2.42 bits per heavy atom. The van der Waals surface area contributed by atoms with Gasteiger partial charge in [-0.2, -0.15) is 0 Å². The van der Waals surface area contributed by atoms with Crippen molar-refractivity contribution in [1.82, 2.24) is 10.6 Å². The van der Waals surface area contributed by atoms with Crippen LogP contribution >= 0.6 is 0 Å². The minimum Gasteiger partial charge on any atom is -0.497 e. The van der Waals surface area contributed by atoms with Gasteiger partial charge < -0.3 is 15.4 Å². The Labute approximate surface area is 114 Å². The fraction of sp³-hybridized carbons (Fsp3) is 0.533. The molecule has 1 heterocycles. The monoisotopic (exact) mass is 262 g/mol. The Morgan fingerprint density at radius 1 is 1.58 bits per heavy atom. The molecule has 1 aliphatic heterocycles. The summed E-state index contributed by atoms with van der Waals surface area (Å²) in [5.74, 6) is 1.42. The van der Waals surface area contributed by atoms with Gasteiger partial charge in [-0.3, -0.25) is 4.79 Å². The summed E-state index contributed by atoms with van der Waals surface area (Å²) in [6.45, 7) is 4.14.